The second-order valence-electron chi connectivity index (χ2n) is 7.48. The van der Waals surface area contributed by atoms with Crippen molar-refractivity contribution in [2.45, 2.75) is 26.3 Å². The first kappa shape index (κ1) is 21.0. The van der Waals surface area contributed by atoms with Gasteiger partial charge in [0, 0.05) is 6.20 Å². The molecule has 0 aliphatic carbocycles. The highest BCUT2D eigenvalue weighted by Crippen LogP contribution is 2.30. The summed E-state index contributed by atoms with van der Waals surface area (Å²) in [4.78, 5) is 42.7. The molecule has 3 rings (SSSR count). The van der Waals surface area contributed by atoms with Crippen LogP contribution in [0.25, 0.3) is 0 Å². The number of hydrogen-bond acceptors (Lipinski definition) is 5. The van der Waals surface area contributed by atoms with Crippen molar-refractivity contribution < 1.29 is 19.1 Å². The molecule has 1 atom stereocenters. The van der Waals surface area contributed by atoms with E-state index < -0.39 is 29.9 Å². The van der Waals surface area contributed by atoms with Crippen LogP contribution in [0, 0.1) is 6.92 Å². The van der Waals surface area contributed by atoms with Gasteiger partial charge in [-0.05, 0) is 61.7 Å². The summed E-state index contributed by atoms with van der Waals surface area (Å²) < 4.78 is 5.56. The summed E-state index contributed by atoms with van der Waals surface area (Å²) in [6.45, 7) is 9.11. The third-order valence-corrected chi connectivity index (χ3v) is 4.68. The van der Waals surface area contributed by atoms with Gasteiger partial charge >= 0.3 is 6.03 Å². The Balaban J connectivity index is 1.70. The Morgan fingerprint density at radius 1 is 1.27 bits per heavy atom. The van der Waals surface area contributed by atoms with E-state index in [1.54, 1.807) is 49.5 Å². The van der Waals surface area contributed by atoms with Crippen molar-refractivity contribution in [2.24, 2.45) is 0 Å². The molecule has 2 heterocycles. The van der Waals surface area contributed by atoms with Crippen molar-refractivity contribution in [3.63, 3.8) is 0 Å². The van der Waals surface area contributed by atoms with Crippen molar-refractivity contribution >= 4 is 23.7 Å². The van der Waals surface area contributed by atoms with E-state index >= 15 is 0 Å². The predicted octanol–water partition coefficient (Wildman–Crippen LogP) is 2.75. The lowest BCUT2D eigenvalue weighted by Crippen LogP contribution is -2.42. The molecule has 2 aromatic rings. The van der Waals surface area contributed by atoms with Crippen LogP contribution in [-0.2, 0) is 15.1 Å². The van der Waals surface area contributed by atoms with E-state index in [0.29, 0.717) is 23.7 Å². The largest absolute Gasteiger partial charge is 0.489 e. The quantitative estimate of drug-likeness (QED) is 0.542. The topological polar surface area (TPSA) is 101 Å². The molecule has 1 saturated heterocycles. The number of amides is 4. The molecule has 0 spiro atoms. The van der Waals surface area contributed by atoms with E-state index in [4.69, 9.17) is 4.74 Å². The van der Waals surface area contributed by atoms with Gasteiger partial charge in [-0.2, -0.15) is 0 Å². The molecule has 8 nitrogen and oxygen atoms in total. The number of aryl methyl sites for hydroxylation is 1. The molecule has 1 aromatic heterocycles. The van der Waals surface area contributed by atoms with E-state index in [-0.39, 0.29) is 0 Å². The number of hydrogen-bond donors (Lipinski definition) is 2. The third-order valence-electron chi connectivity index (χ3n) is 4.68. The molecule has 1 unspecified atom stereocenters. The Kier molecular flexibility index (Phi) is 5.86. The fourth-order valence-corrected chi connectivity index (χ4v) is 3.06. The Morgan fingerprint density at radius 3 is 2.60 bits per heavy atom. The van der Waals surface area contributed by atoms with Gasteiger partial charge in [0.1, 0.15) is 30.3 Å². The van der Waals surface area contributed by atoms with Crippen LogP contribution in [0.4, 0.5) is 10.6 Å². The van der Waals surface area contributed by atoms with Crippen molar-refractivity contribution in [3.8, 4) is 5.75 Å². The minimum Gasteiger partial charge on any atom is -0.489 e. The van der Waals surface area contributed by atoms with E-state index in [0.717, 1.165) is 16.0 Å². The highest BCUT2D eigenvalue weighted by Gasteiger charge is 2.49. The minimum absolute atomic E-state index is 0.361. The van der Waals surface area contributed by atoms with Gasteiger partial charge in [-0.15, -0.1) is 0 Å². The lowest BCUT2D eigenvalue weighted by atomic mass is 9.92. The minimum atomic E-state index is -1.27. The van der Waals surface area contributed by atoms with Crippen molar-refractivity contribution in [3.05, 3.63) is 65.9 Å². The van der Waals surface area contributed by atoms with Crippen LogP contribution in [0.3, 0.4) is 0 Å². The zero-order valence-corrected chi connectivity index (χ0v) is 17.2. The number of carbonyl (C=O) groups is 3. The van der Waals surface area contributed by atoms with Crippen LogP contribution in [0.15, 0.2) is 54.7 Å². The molecule has 8 heteroatoms. The van der Waals surface area contributed by atoms with Crippen LogP contribution in [0.5, 0.6) is 5.75 Å². The summed E-state index contributed by atoms with van der Waals surface area (Å²) in [5.74, 6) is -0.0241. The molecule has 0 bridgehead atoms. The summed E-state index contributed by atoms with van der Waals surface area (Å²) in [5.41, 5.74) is 1.13. The first-order valence-corrected chi connectivity index (χ1v) is 9.43. The zero-order valence-electron chi connectivity index (χ0n) is 17.2. The number of urea groups is 1. The molecular formula is C22H24N4O4. The standard InChI is InChI=1S/C22H24N4O4/c1-14(2)13-30-17-7-5-16(6-8-17)22(4)20(28)26(21(29)25-22)12-19(27)24-18-11-15(3)9-10-23-18/h5-11H,1,12-13H2,2-4H3,(H,25,29)(H,23,24,27). The fraction of sp³-hybridized carbons (Fsp3) is 0.273. The maximum atomic E-state index is 13.0. The van der Waals surface area contributed by atoms with Gasteiger partial charge in [-0.3, -0.25) is 14.5 Å². The van der Waals surface area contributed by atoms with Gasteiger partial charge in [-0.25, -0.2) is 9.78 Å². The summed E-state index contributed by atoms with van der Waals surface area (Å²) in [6, 6.07) is 9.75. The number of imide groups is 1. The Labute approximate surface area is 174 Å². The van der Waals surface area contributed by atoms with Crippen LogP contribution < -0.4 is 15.4 Å². The van der Waals surface area contributed by atoms with Crippen LogP contribution in [-0.4, -0.2) is 40.9 Å². The lowest BCUT2D eigenvalue weighted by molar-refractivity contribution is -0.133. The molecule has 1 aliphatic rings. The van der Waals surface area contributed by atoms with Gasteiger partial charge in [0.05, 0.1) is 0 Å². The predicted molar refractivity (Wildman–Crippen MR) is 112 cm³/mol. The maximum Gasteiger partial charge on any atom is 0.325 e. The van der Waals surface area contributed by atoms with E-state index in [2.05, 4.69) is 22.2 Å². The molecule has 2 N–H and O–H groups in total. The Hall–Kier alpha value is -3.68. The molecule has 0 radical (unpaired) electrons. The number of nitrogens with one attached hydrogen (secondary N) is 2. The lowest BCUT2D eigenvalue weighted by Gasteiger charge is -2.22. The van der Waals surface area contributed by atoms with Gasteiger partial charge in [0.2, 0.25) is 5.91 Å². The fourth-order valence-electron chi connectivity index (χ4n) is 3.06. The van der Waals surface area contributed by atoms with Crippen LogP contribution >= 0.6 is 0 Å². The second-order valence-corrected chi connectivity index (χ2v) is 7.48. The van der Waals surface area contributed by atoms with Crippen molar-refractivity contribution in [1.29, 1.82) is 0 Å². The molecule has 1 aliphatic heterocycles. The monoisotopic (exact) mass is 408 g/mol. The number of anilines is 1. The molecular weight excluding hydrogens is 384 g/mol. The van der Waals surface area contributed by atoms with Gasteiger partial charge in [-0.1, -0.05) is 18.7 Å². The Morgan fingerprint density at radius 2 is 1.97 bits per heavy atom. The number of ether oxygens (including phenoxy) is 1. The Bertz CT molecular complexity index is 1000. The number of carbonyl (C=O) groups excluding carboxylic acids is 3. The summed E-state index contributed by atoms with van der Waals surface area (Å²) in [5, 5.41) is 5.28. The van der Waals surface area contributed by atoms with E-state index in [1.165, 1.54) is 0 Å². The molecule has 1 fully saturated rings. The van der Waals surface area contributed by atoms with E-state index in [9.17, 15) is 14.4 Å². The maximum absolute atomic E-state index is 13.0. The first-order chi connectivity index (χ1) is 14.2. The normalized spacial score (nSPS) is 18.2. The van der Waals surface area contributed by atoms with Crippen LogP contribution in [0.1, 0.15) is 25.0 Å². The summed E-state index contributed by atoms with van der Waals surface area (Å²) in [6.07, 6.45) is 1.57. The van der Waals surface area contributed by atoms with Crippen LogP contribution in [0.2, 0.25) is 0 Å². The molecule has 4 amide bonds. The third kappa shape index (κ3) is 4.48. The molecule has 0 saturated carbocycles. The van der Waals surface area contributed by atoms with E-state index in [1.807, 2.05) is 13.8 Å². The van der Waals surface area contributed by atoms with Crippen molar-refractivity contribution in [1.82, 2.24) is 15.2 Å². The SMILES string of the molecule is C=C(C)COc1ccc(C2(C)NC(=O)N(CC(=O)Nc3cc(C)ccn3)C2=O)cc1. The zero-order chi connectivity index (χ0) is 21.9. The highest BCUT2D eigenvalue weighted by atomic mass is 16.5. The summed E-state index contributed by atoms with van der Waals surface area (Å²) >= 11 is 0. The number of nitrogens with zero attached hydrogens (tertiary/aromatic N) is 2. The number of pyridine rings is 1. The second kappa shape index (κ2) is 8.36. The number of rotatable bonds is 7. The highest BCUT2D eigenvalue weighted by molar-refractivity contribution is 6.10. The van der Waals surface area contributed by atoms with Gasteiger partial charge in [0.15, 0.2) is 0 Å². The average Bonchev–Trinajstić information content (AvgIpc) is 2.90. The number of benzene rings is 1. The van der Waals surface area contributed by atoms with Gasteiger partial charge < -0.3 is 15.4 Å². The van der Waals surface area contributed by atoms with Crippen molar-refractivity contribution in [2.75, 3.05) is 18.5 Å². The number of aromatic nitrogens is 1. The molecule has 1 aromatic carbocycles. The average molecular weight is 408 g/mol. The smallest absolute Gasteiger partial charge is 0.325 e. The molecule has 30 heavy (non-hydrogen) atoms. The first-order valence-electron chi connectivity index (χ1n) is 9.43. The summed E-state index contributed by atoms with van der Waals surface area (Å²) in [7, 11) is 0. The molecule has 156 valence electrons. The van der Waals surface area contributed by atoms with Gasteiger partial charge in [0.25, 0.3) is 5.91 Å².